The summed E-state index contributed by atoms with van der Waals surface area (Å²) in [5.74, 6) is -0.137. The van der Waals surface area contributed by atoms with Crippen molar-refractivity contribution in [2.45, 2.75) is 72.4 Å². The van der Waals surface area contributed by atoms with Gasteiger partial charge in [0.05, 0.1) is 0 Å². The topological polar surface area (TPSA) is 130 Å². The molecule has 0 aliphatic carbocycles. The number of hydrogen-bond donors (Lipinski definition) is 3. The first-order valence-corrected chi connectivity index (χ1v) is 12.5. The van der Waals surface area contributed by atoms with Crippen molar-refractivity contribution in [2.24, 2.45) is 5.41 Å². The monoisotopic (exact) mass is 499 g/mol. The van der Waals surface area contributed by atoms with Crippen molar-refractivity contribution in [1.82, 2.24) is 20.4 Å². The number of carbonyl (C=O) groups excluding carboxylic acids is 2. The maximum Gasteiger partial charge on any atom is 0.278 e. The Morgan fingerprint density at radius 3 is 2.40 bits per heavy atom. The molecule has 0 bridgehead atoms. The second kappa shape index (κ2) is 11.1. The van der Waals surface area contributed by atoms with E-state index in [9.17, 15) is 14.7 Å². The molecule has 1 aromatic carbocycles. The molecule has 3 rings (SSSR count). The van der Waals surface area contributed by atoms with Gasteiger partial charge in [0.25, 0.3) is 5.89 Å². The van der Waals surface area contributed by atoms with Gasteiger partial charge in [-0.3, -0.25) is 9.59 Å². The van der Waals surface area contributed by atoms with Gasteiger partial charge in [0, 0.05) is 10.4 Å². The third-order valence-corrected chi connectivity index (χ3v) is 6.62. The van der Waals surface area contributed by atoms with Crippen LogP contribution in [0.25, 0.3) is 23.0 Å². The number of hydrogen-bond acceptors (Lipinski definition) is 8. The lowest BCUT2D eigenvalue weighted by Gasteiger charge is -2.26. The maximum atomic E-state index is 13.0. The Labute approximate surface area is 209 Å². The molecule has 0 fully saturated rings. The Kier molecular flexibility index (Phi) is 8.39. The third kappa shape index (κ3) is 6.52. The summed E-state index contributed by atoms with van der Waals surface area (Å²) in [4.78, 5) is 35.5. The molecular formula is C25H33N5O4S. The summed E-state index contributed by atoms with van der Waals surface area (Å²) in [5, 5.41) is 20.2. The van der Waals surface area contributed by atoms with Gasteiger partial charge in [-0.05, 0) is 17.8 Å². The lowest BCUT2D eigenvalue weighted by Crippen LogP contribution is -2.50. The molecule has 2 heterocycles. The molecule has 0 saturated carbocycles. The normalized spacial score (nSPS) is 13.5. The number of carbonyl (C=O) groups is 2. The van der Waals surface area contributed by atoms with Crippen molar-refractivity contribution in [2.75, 3.05) is 5.32 Å². The van der Waals surface area contributed by atoms with Crippen LogP contribution in [0.5, 0.6) is 0 Å². The highest BCUT2D eigenvalue weighted by Crippen LogP contribution is 2.36. The second-order valence-corrected chi connectivity index (χ2v) is 10.8. The van der Waals surface area contributed by atoms with E-state index >= 15 is 0 Å². The molecule has 2 atom stereocenters. The van der Waals surface area contributed by atoms with E-state index in [-0.39, 0.29) is 11.8 Å². The van der Waals surface area contributed by atoms with Crippen molar-refractivity contribution in [3.8, 4) is 23.0 Å². The smallest absolute Gasteiger partial charge is 0.278 e. The predicted octanol–water partition coefficient (Wildman–Crippen LogP) is 4.61. The van der Waals surface area contributed by atoms with E-state index in [0.29, 0.717) is 29.5 Å². The summed E-state index contributed by atoms with van der Waals surface area (Å²) in [6.07, 6.45) is -0.132. The van der Waals surface area contributed by atoms with Gasteiger partial charge < -0.3 is 20.3 Å². The van der Waals surface area contributed by atoms with Crippen molar-refractivity contribution in [3.63, 3.8) is 0 Å². The van der Waals surface area contributed by atoms with E-state index in [2.05, 4.69) is 25.8 Å². The van der Waals surface area contributed by atoms with Gasteiger partial charge in [0.2, 0.25) is 17.6 Å². The van der Waals surface area contributed by atoms with Crippen LogP contribution < -0.4 is 10.6 Å². The molecule has 3 aromatic rings. The molecule has 2 aromatic heterocycles. The SMILES string of the molecule is CCCC(NC(=O)C(O)C(C)(C)C)C(=O)Nc1nc(-c2nc(-c3ccccc3)no2)c(C(C)C)s1. The molecule has 0 spiro atoms. The van der Waals surface area contributed by atoms with Crippen LogP contribution in [0.3, 0.4) is 0 Å². The third-order valence-electron chi connectivity index (χ3n) is 5.35. The van der Waals surface area contributed by atoms with E-state index in [1.165, 1.54) is 11.3 Å². The van der Waals surface area contributed by atoms with Gasteiger partial charge in [-0.15, -0.1) is 11.3 Å². The molecular weight excluding hydrogens is 466 g/mol. The standard InChI is InChI=1S/C25H33N5O4S/c1-7-11-16(26-22(33)19(31)25(4,5)6)21(32)29-24-27-17(18(35-24)14(2)3)23-28-20(30-34-23)15-12-9-8-10-13-15/h8-10,12-14,16,19,31H,7,11H2,1-6H3,(H,26,33)(H,27,29,32). The average molecular weight is 500 g/mol. The minimum Gasteiger partial charge on any atom is -0.383 e. The van der Waals surface area contributed by atoms with Crippen molar-refractivity contribution >= 4 is 28.3 Å². The first-order chi connectivity index (χ1) is 16.5. The molecule has 0 aliphatic rings. The zero-order chi connectivity index (χ0) is 25.8. The summed E-state index contributed by atoms with van der Waals surface area (Å²) in [6, 6.07) is 8.69. The fourth-order valence-corrected chi connectivity index (χ4v) is 4.31. The molecule has 0 aliphatic heterocycles. The number of aliphatic hydroxyl groups is 1. The molecule has 2 amide bonds. The van der Waals surface area contributed by atoms with Crippen LogP contribution in [0.1, 0.15) is 65.2 Å². The Morgan fingerprint density at radius 1 is 1.11 bits per heavy atom. The number of aromatic nitrogens is 3. The second-order valence-electron chi connectivity index (χ2n) is 9.78. The molecule has 10 heteroatoms. The van der Waals surface area contributed by atoms with E-state index in [4.69, 9.17) is 4.52 Å². The van der Waals surface area contributed by atoms with Crippen LogP contribution >= 0.6 is 11.3 Å². The first kappa shape index (κ1) is 26.5. The van der Waals surface area contributed by atoms with Gasteiger partial charge in [-0.2, -0.15) is 4.98 Å². The van der Waals surface area contributed by atoms with Gasteiger partial charge in [0.1, 0.15) is 17.8 Å². The Morgan fingerprint density at radius 2 is 1.80 bits per heavy atom. The van der Waals surface area contributed by atoms with Crippen LogP contribution in [0.4, 0.5) is 5.13 Å². The number of nitrogens with zero attached hydrogens (tertiary/aromatic N) is 3. The lowest BCUT2D eigenvalue weighted by molar-refractivity contribution is -0.137. The number of nitrogens with one attached hydrogen (secondary N) is 2. The van der Waals surface area contributed by atoms with Crippen LogP contribution in [-0.2, 0) is 9.59 Å². The molecule has 3 N–H and O–H groups in total. The molecule has 0 radical (unpaired) electrons. The molecule has 0 saturated heterocycles. The first-order valence-electron chi connectivity index (χ1n) is 11.7. The van der Waals surface area contributed by atoms with Crippen molar-refractivity contribution in [3.05, 3.63) is 35.2 Å². The lowest BCUT2D eigenvalue weighted by atomic mass is 9.88. The molecule has 188 valence electrons. The molecule has 9 nitrogen and oxygen atoms in total. The maximum absolute atomic E-state index is 13.0. The number of amides is 2. The van der Waals surface area contributed by atoms with Crippen molar-refractivity contribution < 1.29 is 19.2 Å². The molecule has 2 unspecified atom stereocenters. The highest BCUT2D eigenvalue weighted by atomic mass is 32.1. The zero-order valence-corrected chi connectivity index (χ0v) is 21.8. The largest absolute Gasteiger partial charge is 0.383 e. The summed E-state index contributed by atoms with van der Waals surface area (Å²) >= 11 is 1.33. The number of aliphatic hydroxyl groups excluding tert-OH is 1. The number of rotatable bonds is 9. The number of anilines is 1. The number of benzene rings is 1. The average Bonchev–Trinajstić information content (AvgIpc) is 3.45. The van der Waals surface area contributed by atoms with Crippen LogP contribution in [0.2, 0.25) is 0 Å². The quantitative estimate of drug-likeness (QED) is 0.392. The highest BCUT2D eigenvalue weighted by molar-refractivity contribution is 7.16. The Hall–Kier alpha value is -3.11. The van der Waals surface area contributed by atoms with E-state index in [1.54, 1.807) is 20.8 Å². The molecule has 35 heavy (non-hydrogen) atoms. The van der Waals surface area contributed by atoms with Gasteiger partial charge in [-0.1, -0.05) is 83.5 Å². The summed E-state index contributed by atoms with van der Waals surface area (Å²) in [5.41, 5.74) is 0.707. The fraction of sp³-hybridized carbons (Fsp3) is 0.480. The van der Waals surface area contributed by atoms with Gasteiger partial charge in [0.15, 0.2) is 5.13 Å². The van der Waals surface area contributed by atoms with Crippen LogP contribution in [0, 0.1) is 5.41 Å². The van der Waals surface area contributed by atoms with Crippen LogP contribution in [-0.4, -0.2) is 44.2 Å². The minimum atomic E-state index is -1.23. The van der Waals surface area contributed by atoms with Crippen LogP contribution in [0.15, 0.2) is 34.9 Å². The van der Waals surface area contributed by atoms with E-state index in [0.717, 1.165) is 10.4 Å². The Balaban J connectivity index is 1.81. The summed E-state index contributed by atoms with van der Waals surface area (Å²) < 4.78 is 5.50. The van der Waals surface area contributed by atoms with E-state index in [1.807, 2.05) is 51.1 Å². The fourth-order valence-electron chi connectivity index (χ4n) is 3.35. The van der Waals surface area contributed by atoms with Crippen molar-refractivity contribution in [1.29, 1.82) is 0 Å². The number of thiazole rings is 1. The summed E-state index contributed by atoms with van der Waals surface area (Å²) in [6.45, 7) is 11.2. The van der Waals surface area contributed by atoms with E-state index < -0.39 is 29.4 Å². The highest BCUT2D eigenvalue weighted by Gasteiger charge is 2.32. The predicted molar refractivity (Wildman–Crippen MR) is 136 cm³/mol. The Bertz CT molecular complexity index is 1150. The summed E-state index contributed by atoms with van der Waals surface area (Å²) in [7, 11) is 0. The zero-order valence-electron chi connectivity index (χ0n) is 21.0. The van der Waals surface area contributed by atoms with Gasteiger partial charge in [-0.25, -0.2) is 4.98 Å². The minimum absolute atomic E-state index is 0.105. The van der Waals surface area contributed by atoms with Gasteiger partial charge >= 0.3 is 0 Å².